The molecule has 0 aliphatic carbocycles. The van der Waals surface area contributed by atoms with E-state index in [9.17, 15) is 4.79 Å². The number of aromatic nitrogens is 1. The topological polar surface area (TPSA) is 45.2 Å². The maximum Gasteiger partial charge on any atom is 0.267 e. The molecular weight excluding hydrogens is 338 g/mol. The minimum Gasteiger partial charge on any atom is -0.372 e. The van der Waals surface area contributed by atoms with Gasteiger partial charge in [0, 0.05) is 24.5 Å². The van der Waals surface area contributed by atoms with Gasteiger partial charge in [0.2, 0.25) is 0 Å². The van der Waals surface area contributed by atoms with Gasteiger partial charge in [-0.2, -0.15) is 0 Å². The van der Waals surface area contributed by atoms with E-state index >= 15 is 0 Å². The summed E-state index contributed by atoms with van der Waals surface area (Å²) < 4.78 is 0. The maximum absolute atomic E-state index is 12.4. The van der Waals surface area contributed by atoms with Crippen molar-refractivity contribution in [3.05, 3.63) is 52.9 Å². The Morgan fingerprint density at radius 1 is 1.17 bits per heavy atom. The summed E-state index contributed by atoms with van der Waals surface area (Å²) in [5, 5.41) is 5.82. The van der Waals surface area contributed by atoms with Gasteiger partial charge in [0.15, 0.2) is 0 Å². The molecule has 2 aromatic heterocycles. The monoisotopic (exact) mass is 357 g/mol. The molecule has 1 amide bonds. The standard InChI is InChI=1S/C18H19N3OS2/c1-3-21(4-2)14-9-7-13(8-10-14)20-17(22)16-12-19-18(24-16)15-6-5-11-23-15/h5-12H,3-4H2,1-2H3,(H,20,22). The Hall–Kier alpha value is -2.18. The van der Waals surface area contributed by atoms with Crippen molar-refractivity contribution < 1.29 is 4.79 Å². The smallest absolute Gasteiger partial charge is 0.267 e. The highest BCUT2D eigenvalue weighted by Gasteiger charge is 2.12. The third kappa shape index (κ3) is 3.66. The Labute approximate surface area is 149 Å². The van der Waals surface area contributed by atoms with Gasteiger partial charge in [0.1, 0.15) is 9.88 Å². The van der Waals surface area contributed by atoms with Gasteiger partial charge in [-0.1, -0.05) is 6.07 Å². The van der Waals surface area contributed by atoms with Gasteiger partial charge in [0.25, 0.3) is 5.91 Å². The third-order valence-corrected chi connectivity index (χ3v) is 5.75. The van der Waals surface area contributed by atoms with Crippen LogP contribution in [0.5, 0.6) is 0 Å². The minimum atomic E-state index is -0.120. The normalized spacial score (nSPS) is 10.6. The molecule has 0 aliphatic heterocycles. The predicted octanol–water partition coefficient (Wildman–Crippen LogP) is 4.97. The van der Waals surface area contributed by atoms with Crippen LogP contribution in [0.4, 0.5) is 11.4 Å². The average Bonchev–Trinajstić information content (AvgIpc) is 3.29. The van der Waals surface area contributed by atoms with Crippen molar-refractivity contribution in [3.63, 3.8) is 0 Å². The van der Waals surface area contributed by atoms with E-state index in [2.05, 4.69) is 29.0 Å². The number of carbonyl (C=O) groups is 1. The second-order valence-electron chi connectivity index (χ2n) is 5.18. The molecule has 0 saturated carbocycles. The molecule has 3 aromatic rings. The number of amides is 1. The molecule has 1 N–H and O–H groups in total. The number of carbonyl (C=O) groups excluding carboxylic acids is 1. The number of hydrogen-bond donors (Lipinski definition) is 1. The van der Waals surface area contributed by atoms with Gasteiger partial charge in [-0.3, -0.25) is 4.79 Å². The van der Waals surface area contributed by atoms with E-state index in [1.807, 2.05) is 41.8 Å². The molecule has 4 nitrogen and oxygen atoms in total. The molecule has 0 bridgehead atoms. The van der Waals surface area contributed by atoms with Gasteiger partial charge in [0.05, 0.1) is 11.1 Å². The zero-order valence-electron chi connectivity index (χ0n) is 13.7. The number of benzene rings is 1. The Bertz CT molecular complexity index is 790. The fraction of sp³-hybridized carbons (Fsp3) is 0.222. The van der Waals surface area contributed by atoms with Gasteiger partial charge < -0.3 is 10.2 Å². The Morgan fingerprint density at radius 3 is 2.54 bits per heavy atom. The highest BCUT2D eigenvalue weighted by atomic mass is 32.1. The molecule has 6 heteroatoms. The lowest BCUT2D eigenvalue weighted by atomic mass is 10.2. The lowest BCUT2D eigenvalue weighted by molar-refractivity contribution is 0.103. The van der Waals surface area contributed by atoms with Gasteiger partial charge >= 0.3 is 0 Å². The number of thiazole rings is 1. The molecule has 3 rings (SSSR count). The van der Waals surface area contributed by atoms with E-state index in [1.54, 1.807) is 17.5 Å². The summed E-state index contributed by atoms with van der Waals surface area (Å²) in [6.07, 6.45) is 1.64. The Balaban J connectivity index is 1.69. The zero-order valence-corrected chi connectivity index (χ0v) is 15.3. The first-order valence-corrected chi connectivity index (χ1v) is 9.57. The van der Waals surface area contributed by atoms with Crippen LogP contribution in [-0.4, -0.2) is 24.0 Å². The number of thiophene rings is 1. The Kier molecular flexibility index (Phi) is 5.27. The van der Waals surface area contributed by atoms with Crippen molar-refractivity contribution in [1.82, 2.24) is 4.98 Å². The van der Waals surface area contributed by atoms with Gasteiger partial charge in [-0.15, -0.1) is 22.7 Å². The molecular formula is C18H19N3OS2. The summed E-state index contributed by atoms with van der Waals surface area (Å²) in [6, 6.07) is 11.9. The number of anilines is 2. The summed E-state index contributed by atoms with van der Waals surface area (Å²) in [4.78, 5) is 20.7. The lowest BCUT2D eigenvalue weighted by Gasteiger charge is -2.21. The molecule has 124 valence electrons. The van der Waals surface area contributed by atoms with E-state index in [0.29, 0.717) is 4.88 Å². The highest BCUT2D eigenvalue weighted by Crippen LogP contribution is 2.29. The fourth-order valence-electron chi connectivity index (χ4n) is 2.43. The first kappa shape index (κ1) is 16.7. The van der Waals surface area contributed by atoms with E-state index < -0.39 is 0 Å². The van der Waals surface area contributed by atoms with Gasteiger partial charge in [-0.25, -0.2) is 4.98 Å². The maximum atomic E-state index is 12.4. The molecule has 0 spiro atoms. The van der Waals surface area contributed by atoms with Gasteiger partial charge in [-0.05, 0) is 49.6 Å². The van der Waals surface area contributed by atoms with Crippen LogP contribution in [-0.2, 0) is 0 Å². The second kappa shape index (κ2) is 7.59. The van der Waals surface area contributed by atoms with Crippen LogP contribution < -0.4 is 10.2 Å². The lowest BCUT2D eigenvalue weighted by Crippen LogP contribution is -2.21. The first-order chi connectivity index (χ1) is 11.7. The molecule has 1 aromatic carbocycles. The van der Waals surface area contributed by atoms with Crippen molar-refractivity contribution in [2.24, 2.45) is 0 Å². The minimum absolute atomic E-state index is 0.120. The van der Waals surface area contributed by atoms with Crippen LogP contribution in [0, 0.1) is 0 Å². The molecule has 2 heterocycles. The summed E-state index contributed by atoms with van der Waals surface area (Å²) in [5.74, 6) is -0.120. The van der Waals surface area contributed by atoms with E-state index in [1.165, 1.54) is 11.3 Å². The van der Waals surface area contributed by atoms with Crippen molar-refractivity contribution >= 4 is 40.0 Å². The molecule has 0 unspecified atom stereocenters. The van der Waals surface area contributed by atoms with Crippen LogP contribution in [0.2, 0.25) is 0 Å². The van der Waals surface area contributed by atoms with Crippen molar-refractivity contribution in [2.75, 3.05) is 23.3 Å². The van der Waals surface area contributed by atoms with Crippen LogP contribution in [0.3, 0.4) is 0 Å². The zero-order chi connectivity index (χ0) is 16.9. The van der Waals surface area contributed by atoms with Crippen LogP contribution in [0.1, 0.15) is 23.5 Å². The van der Waals surface area contributed by atoms with Crippen LogP contribution >= 0.6 is 22.7 Å². The van der Waals surface area contributed by atoms with E-state index in [0.717, 1.165) is 34.3 Å². The van der Waals surface area contributed by atoms with E-state index in [4.69, 9.17) is 0 Å². The average molecular weight is 358 g/mol. The SMILES string of the molecule is CCN(CC)c1ccc(NC(=O)c2cnc(-c3cccs3)s2)cc1. The molecule has 0 atom stereocenters. The number of hydrogen-bond acceptors (Lipinski definition) is 5. The number of nitrogens with one attached hydrogen (secondary N) is 1. The summed E-state index contributed by atoms with van der Waals surface area (Å²) >= 11 is 3.04. The second-order valence-corrected chi connectivity index (χ2v) is 7.16. The number of nitrogens with zero attached hydrogens (tertiary/aromatic N) is 2. The van der Waals surface area contributed by atoms with Crippen molar-refractivity contribution in [3.8, 4) is 9.88 Å². The van der Waals surface area contributed by atoms with Crippen LogP contribution in [0.15, 0.2) is 48.0 Å². The molecule has 0 saturated heterocycles. The summed E-state index contributed by atoms with van der Waals surface area (Å²) in [5.41, 5.74) is 1.96. The third-order valence-electron chi connectivity index (χ3n) is 3.72. The summed E-state index contributed by atoms with van der Waals surface area (Å²) in [7, 11) is 0. The summed E-state index contributed by atoms with van der Waals surface area (Å²) in [6.45, 7) is 6.20. The highest BCUT2D eigenvalue weighted by molar-refractivity contribution is 7.22. The van der Waals surface area contributed by atoms with Crippen molar-refractivity contribution in [1.29, 1.82) is 0 Å². The predicted molar refractivity (Wildman–Crippen MR) is 103 cm³/mol. The van der Waals surface area contributed by atoms with Crippen molar-refractivity contribution in [2.45, 2.75) is 13.8 Å². The quantitative estimate of drug-likeness (QED) is 0.677. The molecule has 0 fully saturated rings. The first-order valence-electron chi connectivity index (χ1n) is 7.87. The largest absolute Gasteiger partial charge is 0.372 e. The molecule has 24 heavy (non-hydrogen) atoms. The molecule has 0 radical (unpaired) electrons. The molecule has 0 aliphatic rings. The van der Waals surface area contributed by atoms with Crippen LogP contribution in [0.25, 0.3) is 9.88 Å². The number of rotatable bonds is 6. The Morgan fingerprint density at radius 2 is 1.92 bits per heavy atom. The van der Waals surface area contributed by atoms with E-state index in [-0.39, 0.29) is 5.91 Å². The fourth-order valence-corrected chi connectivity index (χ4v) is 4.05.